The first-order valence-electron chi connectivity index (χ1n) is 11.7. The van der Waals surface area contributed by atoms with Crippen LogP contribution >= 0.6 is 0 Å². The number of aromatic amines is 1. The van der Waals surface area contributed by atoms with Gasteiger partial charge in [-0.2, -0.15) is 0 Å². The number of aromatic nitrogens is 2. The lowest BCUT2D eigenvalue weighted by Gasteiger charge is -2.29. The number of hydrogen-bond acceptors (Lipinski definition) is 5. The van der Waals surface area contributed by atoms with Crippen molar-refractivity contribution in [3.8, 4) is 0 Å². The van der Waals surface area contributed by atoms with Gasteiger partial charge in [0.2, 0.25) is 11.8 Å². The minimum absolute atomic E-state index is 0.157. The van der Waals surface area contributed by atoms with E-state index < -0.39 is 29.2 Å². The Balaban J connectivity index is 1.49. The molecule has 3 rings (SSSR count). The fraction of sp³-hybridized carbons (Fsp3) is 0.542. The van der Waals surface area contributed by atoms with Gasteiger partial charge in [-0.1, -0.05) is 32.4 Å². The monoisotopic (exact) mass is 472 g/mol. The molecule has 1 fully saturated rings. The van der Waals surface area contributed by atoms with Crippen molar-refractivity contribution in [1.29, 1.82) is 0 Å². The van der Waals surface area contributed by atoms with Crippen molar-refractivity contribution in [3.63, 3.8) is 0 Å². The van der Waals surface area contributed by atoms with Gasteiger partial charge in [0.15, 0.2) is 0 Å². The van der Waals surface area contributed by atoms with Gasteiger partial charge in [-0.15, -0.1) is 0 Å². The number of fused-ring (bicyclic) bond motifs is 1. The van der Waals surface area contributed by atoms with Crippen LogP contribution in [0.4, 0.5) is 0 Å². The summed E-state index contributed by atoms with van der Waals surface area (Å²) in [6.45, 7) is 3.71. The molecule has 1 aliphatic rings. The van der Waals surface area contributed by atoms with Crippen LogP contribution < -0.4 is 21.9 Å². The highest BCUT2D eigenvalue weighted by molar-refractivity contribution is 5.85. The molecule has 184 valence electrons. The van der Waals surface area contributed by atoms with Crippen molar-refractivity contribution in [2.75, 3.05) is 6.54 Å². The summed E-state index contributed by atoms with van der Waals surface area (Å²) < 4.78 is 0.884. The largest absolute Gasteiger partial charge is 0.480 e. The molecule has 2 atom stereocenters. The Hall–Kier alpha value is -3.43. The van der Waals surface area contributed by atoms with E-state index in [1.54, 1.807) is 31.2 Å². The zero-order chi connectivity index (χ0) is 24.8. The molecule has 0 spiro atoms. The average Bonchev–Trinajstić information content (AvgIpc) is 2.83. The predicted octanol–water partition coefficient (Wildman–Crippen LogP) is 1.23. The number of carboxylic acid groups (broad SMARTS) is 1. The van der Waals surface area contributed by atoms with Gasteiger partial charge in [0.05, 0.1) is 10.9 Å². The maximum absolute atomic E-state index is 12.6. The van der Waals surface area contributed by atoms with Crippen molar-refractivity contribution < 1.29 is 19.5 Å². The SMILES string of the molecule is CC[C@H](C)[C@H](NC(=O)C1CCC(CNC(=O)Cn2c(=O)[nH]c3ccccc3c2=O)CC1)C(=O)O. The first-order valence-corrected chi connectivity index (χ1v) is 11.7. The second-order valence-corrected chi connectivity index (χ2v) is 9.10. The Kier molecular flexibility index (Phi) is 8.25. The first kappa shape index (κ1) is 25.2. The molecule has 1 aromatic carbocycles. The molecule has 1 aromatic heterocycles. The number of aliphatic carboxylic acids is 1. The Bertz CT molecular complexity index is 1160. The summed E-state index contributed by atoms with van der Waals surface area (Å²) in [6.07, 6.45) is 3.32. The maximum atomic E-state index is 12.6. The molecule has 2 aromatic rings. The summed E-state index contributed by atoms with van der Waals surface area (Å²) in [5.41, 5.74) is -0.728. The van der Waals surface area contributed by atoms with E-state index in [2.05, 4.69) is 15.6 Å². The van der Waals surface area contributed by atoms with Crippen LogP contribution in [0.2, 0.25) is 0 Å². The Labute approximate surface area is 196 Å². The predicted molar refractivity (Wildman–Crippen MR) is 126 cm³/mol. The van der Waals surface area contributed by atoms with Gasteiger partial charge in [0.25, 0.3) is 5.56 Å². The number of carboxylic acids is 1. The number of carbonyl (C=O) groups excluding carboxylic acids is 2. The molecule has 10 nitrogen and oxygen atoms in total. The summed E-state index contributed by atoms with van der Waals surface area (Å²) in [7, 11) is 0. The van der Waals surface area contributed by atoms with E-state index in [0.717, 1.165) is 17.4 Å². The quantitative estimate of drug-likeness (QED) is 0.431. The zero-order valence-electron chi connectivity index (χ0n) is 19.5. The number of rotatable bonds is 9. The van der Waals surface area contributed by atoms with Crippen LogP contribution in [0.1, 0.15) is 46.0 Å². The molecule has 0 unspecified atom stereocenters. The van der Waals surface area contributed by atoms with E-state index in [1.165, 1.54) is 0 Å². The first-order chi connectivity index (χ1) is 16.2. The lowest BCUT2D eigenvalue weighted by Crippen LogP contribution is -2.48. The number of nitrogens with zero attached hydrogens (tertiary/aromatic N) is 1. The third-order valence-electron chi connectivity index (χ3n) is 6.77. The van der Waals surface area contributed by atoms with Gasteiger partial charge in [-0.3, -0.25) is 19.0 Å². The smallest absolute Gasteiger partial charge is 0.329 e. The molecule has 0 bridgehead atoms. The lowest BCUT2D eigenvalue weighted by atomic mass is 9.81. The third kappa shape index (κ3) is 5.92. The van der Waals surface area contributed by atoms with Crippen LogP contribution in [0.25, 0.3) is 10.9 Å². The standard InChI is InChI=1S/C24H32N4O6/c1-3-14(2)20(23(32)33)27-21(30)16-10-8-15(9-11-16)12-25-19(29)13-28-22(31)17-6-4-5-7-18(17)26-24(28)34/h4-7,14-16,20H,3,8-13H2,1-2H3,(H,25,29)(H,26,34)(H,27,30)(H,32,33)/t14-,15?,16?,20-/m0/s1. The second kappa shape index (κ2) is 11.1. The van der Waals surface area contributed by atoms with Crippen molar-refractivity contribution in [2.24, 2.45) is 17.8 Å². The molecule has 10 heteroatoms. The zero-order valence-corrected chi connectivity index (χ0v) is 19.5. The van der Waals surface area contributed by atoms with Crippen LogP contribution in [0.15, 0.2) is 33.9 Å². The summed E-state index contributed by atoms with van der Waals surface area (Å²) >= 11 is 0. The molecule has 1 aliphatic carbocycles. The van der Waals surface area contributed by atoms with Gasteiger partial charge in [-0.05, 0) is 49.7 Å². The highest BCUT2D eigenvalue weighted by atomic mass is 16.4. The third-order valence-corrected chi connectivity index (χ3v) is 6.77. The van der Waals surface area contributed by atoms with Crippen molar-refractivity contribution in [3.05, 3.63) is 45.1 Å². The number of hydrogen-bond donors (Lipinski definition) is 4. The van der Waals surface area contributed by atoms with Crippen LogP contribution in [0, 0.1) is 17.8 Å². The van der Waals surface area contributed by atoms with Crippen molar-refractivity contribution in [1.82, 2.24) is 20.2 Å². The minimum atomic E-state index is -1.02. The Morgan fingerprint density at radius 1 is 1.15 bits per heavy atom. The topological polar surface area (TPSA) is 150 Å². The normalized spacial score (nSPS) is 19.8. The number of benzene rings is 1. The summed E-state index contributed by atoms with van der Waals surface area (Å²) in [6, 6.07) is 5.73. The minimum Gasteiger partial charge on any atom is -0.480 e. The summed E-state index contributed by atoms with van der Waals surface area (Å²) in [4.78, 5) is 63.8. The molecular weight excluding hydrogens is 440 g/mol. The molecule has 4 N–H and O–H groups in total. The van der Waals surface area contributed by atoms with Crippen LogP contribution in [0.3, 0.4) is 0 Å². The van der Waals surface area contributed by atoms with Gasteiger partial charge >= 0.3 is 11.7 Å². The van der Waals surface area contributed by atoms with E-state index in [9.17, 15) is 29.1 Å². The molecule has 34 heavy (non-hydrogen) atoms. The molecular formula is C24H32N4O6. The number of para-hydroxylation sites is 1. The number of carbonyl (C=O) groups is 3. The molecule has 0 radical (unpaired) electrons. The fourth-order valence-electron chi connectivity index (χ4n) is 4.38. The Morgan fingerprint density at radius 3 is 2.47 bits per heavy atom. The van der Waals surface area contributed by atoms with E-state index in [1.807, 2.05) is 6.92 Å². The number of nitrogens with one attached hydrogen (secondary N) is 3. The highest BCUT2D eigenvalue weighted by Crippen LogP contribution is 2.29. The molecule has 2 amide bonds. The van der Waals surface area contributed by atoms with Gasteiger partial charge in [0.1, 0.15) is 12.6 Å². The van der Waals surface area contributed by atoms with Crippen molar-refractivity contribution in [2.45, 2.75) is 58.5 Å². The summed E-state index contributed by atoms with van der Waals surface area (Å²) in [5.74, 6) is -1.92. The van der Waals surface area contributed by atoms with Crippen LogP contribution in [0.5, 0.6) is 0 Å². The van der Waals surface area contributed by atoms with Gasteiger partial charge < -0.3 is 20.7 Å². The number of H-pyrrole nitrogens is 1. The number of amides is 2. The molecule has 1 heterocycles. The summed E-state index contributed by atoms with van der Waals surface area (Å²) in [5, 5.41) is 15.2. The maximum Gasteiger partial charge on any atom is 0.329 e. The van der Waals surface area contributed by atoms with E-state index >= 15 is 0 Å². The van der Waals surface area contributed by atoms with Crippen LogP contribution in [-0.4, -0.2) is 45.0 Å². The second-order valence-electron chi connectivity index (χ2n) is 9.10. The van der Waals surface area contributed by atoms with Gasteiger partial charge in [0, 0.05) is 12.5 Å². The fourth-order valence-corrected chi connectivity index (χ4v) is 4.38. The highest BCUT2D eigenvalue weighted by Gasteiger charge is 2.31. The average molecular weight is 473 g/mol. The Morgan fingerprint density at radius 2 is 1.82 bits per heavy atom. The van der Waals surface area contributed by atoms with Crippen molar-refractivity contribution >= 4 is 28.7 Å². The molecule has 1 saturated carbocycles. The molecule has 0 aliphatic heterocycles. The van der Waals surface area contributed by atoms with E-state index in [4.69, 9.17) is 0 Å². The molecule has 0 saturated heterocycles. The van der Waals surface area contributed by atoms with E-state index in [0.29, 0.717) is 36.7 Å². The van der Waals surface area contributed by atoms with Gasteiger partial charge in [-0.25, -0.2) is 9.59 Å². The van der Waals surface area contributed by atoms with E-state index in [-0.39, 0.29) is 30.2 Å². The van der Waals surface area contributed by atoms with Crippen LogP contribution in [-0.2, 0) is 20.9 Å². The lowest BCUT2D eigenvalue weighted by molar-refractivity contribution is -0.144.